The van der Waals surface area contributed by atoms with Crippen molar-refractivity contribution in [3.8, 4) is 5.75 Å². The van der Waals surface area contributed by atoms with Crippen LogP contribution in [-0.4, -0.2) is 46.8 Å². The van der Waals surface area contributed by atoms with Crippen LogP contribution >= 0.6 is 0 Å². The van der Waals surface area contributed by atoms with E-state index in [0.717, 1.165) is 16.1 Å². The Morgan fingerprint density at radius 3 is 2.21 bits per heavy atom. The molecule has 0 radical (unpaired) electrons. The summed E-state index contributed by atoms with van der Waals surface area (Å²) in [6, 6.07) is 10.1. The Hall–Kier alpha value is -3.07. The van der Waals surface area contributed by atoms with Crippen LogP contribution in [0.2, 0.25) is 0 Å². The lowest BCUT2D eigenvalue weighted by atomic mass is 10.1. The van der Waals surface area contributed by atoms with Crippen molar-refractivity contribution in [1.82, 2.24) is 0 Å². The highest BCUT2D eigenvalue weighted by molar-refractivity contribution is 7.92. The number of hydrogen-bond acceptors (Lipinski definition) is 6. The van der Waals surface area contributed by atoms with E-state index in [1.54, 1.807) is 18.2 Å². The number of anilines is 2. The Balaban J connectivity index is 2.33. The normalized spacial score (nSPS) is 12.0. The molecule has 0 saturated carbocycles. The van der Waals surface area contributed by atoms with Crippen LogP contribution in [0.15, 0.2) is 42.5 Å². The Morgan fingerprint density at radius 1 is 1.07 bits per heavy atom. The molecule has 8 nitrogen and oxygen atoms in total. The zero-order chi connectivity index (χ0) is 21.8. The molecule has 0 aliphatic rings. The molecule has 9 heteroatoms. The van der Waals surface area contributed by atoms with E-state index in [1.165, 1.54) is 45.4 Å². The topological polar surface area (TPSA) is 102 Å². The lowest BCUT2D eigenvalue weighted by Gasteiger charge is -2.29. The largest absolute Gasteiger partial charge is 0.495 e. The predicted molar refractivity (Wildman–Crippen MR) is 111 cm³/mol. The van der Waals surface area contributed by atoms with E-state index in [9.17, 15) is 18.0 Å². The number of esters is 1. The van der Waals surface area contributed by atoms with Gasteiger partial charge in [-0.3, -0.25) is 9.10 Å². The maximum absolute atomic E-state index is 12.8. The summed E-state index contributed by atoms with van der Waals surface area (Å²) < 4.78 is 36.0. The van der Waals surface area contributed by atoms with Crippen LogP contribution < -0.4 is 14.4 Å². The highest BCUT2D eigenvalue weighted by atomic mass is 32.2. The number of sulfonamides is 1. The van der Waals surface area contributed by atoms with Gasteiger partial charge >= 0.3 is 5.97 Å². The number of amides is 1. The Kier molecular flexibility index (Phi) is 6.86. The molecule has 0 aliphatic heterocycles. The van der Waals surface area contributed by atoms with Gasteiger partial charge in [0.15, 0.2) is 0 Å². The second-order valence-corrected chi connectivity index (χ2v) is 8.33. The molecule has 2 aromatic rings. The van der Waals surface area contributed by atoms with Gasteiger partial charge in [0.25, 0.3) is 0 Å². The van der Waals surface area contributed by atoms with E-state index >= 15 is 0 Å². The zero-order valence-corrected chi connectivity index (χ0v) is 17.7. The number of benzene rings is 2. The molecule has 2 rings (SSSR count). The van der Waals surface area contributed by atoms with Crippen LogP contribution in [0.3, 0.4) is 0 Å². The number of hydrogen-bond donors (Lipinski definition) is 1. The van der Waals surface area contributed by atoms with Crippen LogP contribution in [0, 0.1) is 6.92 Å². The van der Waals surface area contributed by atoms with Crippen molar-refractivity contribution in [3.05, 3.63) is 53.6 Å². The first kappa shape index (κ1) is 22.2. The van der Waals surface area contributed by atoms with Crippen LogP contribution in [0.1, 0.15) is 22.8 Å². The molecular formula is C20H24N2O6S. The molecular weight excluding hydrogens is 396 g/mol. The van der Waals surface area contributed by atoms with Gasteiger partial charge in [0.1, 0.15) is 11.8 Å². The standard InChI is InChI=1S/C20H24N2O6S/c1-13-6-11-18(27-3)17(12-13)22(29(5,25)26)14(2)19(23)21-16-9-7-15(8-10-16)20(24)28-4/h6-12,14H,1-5H3,(H,21,23). The van der Waals surface area contributed by atoms with E-state index in [-0.39, 0.29) is 5.69 Å². The summed E-state index contributed by atoms with van der Waals surface area (Å²) in [6.45, 7) is 3.30. The summed E-state index contributed by atoms with van der Waals surface area (Å²) >= 11 is 0. The number of carbonyl (C=O) groups is 2. The van der Waals surface area contributed by atoms with Crippen LogP contribution in [0.4, 0.5) is 11.4 Å². The first-order valence-electron chi connectivity index (χ1n) is 8.71. The van der Waals surface area contributed by atoms with Gasteiger partial charge in [0.2, 0.25) is 15.9 Å². The van der Waals surface area contributed by atoms with Gasteiger partial charge in [-0.05, 0) is 55.8 Å². The smallest absolute Gasteiger partial charge is 0.337 e. The number of ether oxygens (including phenoxy) is 2. The fourth-order valence-corrected chi connectivity index (χ4v) is 3.98. The van der Waals surface area contributed by atoms with Gasteiger partial charge in [-0.15, -0.1) is 0 Å². The van der Waals surface area contributed by atoms with Crippen molar-refractivity contribution in [2.75, 3.05) is 30.1 Å². The third-order valence-corrected chi connectivity index (χ3v) is 5.46. The molecule has 0 aliphatic carbocycles. The average Bonchev–Trinajstić information content (AvgIpc) is 2.67. The molecule has 29 heavy (non-hydrogen) atoms. The molecule has 0 aromatic heterocycles. The van der Waals surface area contributed by atoms with E-state index in [2.05, 4.69) is 10.1 Å². The summed E-state index contributed by atoms with van der Waals surface area (Å²) in [4.78, 5) is 24.3. The van der Waals surface area contributed by atoms with Crippen LogP contribution in [0.25, 0.3) is 0 Å². The molecule has 156 valence electrons. The van der Waals surface area contributed by atoms with E-state index in [4.69, 9.17) is 4.74 Å². The molecule has 0 spiro atoms. The predicted octanol–water partition coefficient (Wildman–Crippen LogP) is 2.58. The fraction of sp³-hybridized carbons (Fsp3) is 0.300. The Bertz CT molecular complexity index is 1000. The van der Waals surface area contributed by atoms with Gasteiger partial charge in [-0.2, -0.15) is 0 Å². The van der Waals surface area contributed by atoms with E-state index < -0.39 is 27.9 Å². The lowest BCUT2D eigenvalue weighted by Crippen LogP contribution is -2.45. The van der Waals surface area contributed by atoms with Crippen molar-refractivity contribution in [3.63, 3.8) is 0 Å². The van der Waals surface area contributed by atoms with Gasteiger partial charge in [-0.25, -0.2) is 13.2 Å². The maximum atomic E-state index is 12.8. The van der Waals surface area contributed by atoms with Crippen molar-refractivity contribution in [2.24, 2.45) is 0 Å². The summed E-state index contributed by atoms with van der Waals surface area (Å²) in [5, 5.41) is 2.66. The van der Waals surface area contributed by atoms with Crippen LogP contribution in [0.5, 0.6) is 5.75 Å². The van der Waals surface area contributed by atoms with Crippen molar-refractivity contribution in [1.29, 1.82) is 0 Å². The molecule has 0 bridgehead atoms. The first-order valence-corrected chi connectivity index (χ1v) is 10.6. The fourth-order valence-electron chi connectivity index (χ4n) is 2.81. The SMILES string of the molecule is COC(=O)c1ccc(NC(=O)C(C)N(c2cc(C)ccc2OC)S(C)(=O)=O)cc1. The lowest BCUT2D eigenvalue weighted by molar-refractivity contribution is -0.116. The number of nitrogens with zero attached hydrogens (tertiary/aromatic N) is 1. The minimum atomic E-state index is -3.79. The molecule has 0 saturated heterocycles. The number of methoxy groups -OCH3 is 2. The monoisotopic (exact) mass is 420 g/mol. The summed E-state index contributed by atoms with van der Waals surface area (Å²) in [5.74, 6) is -0.695. The third-order valence-electron chi connectivity index (χ3n) is 4.23. The minimum absolute atomic E-state index is 0.277. The molecule has 1 N–H and O–H groups in total. The van der Waals surface area contributed by atoms with Gasteiger partial charge in [0, 0.05) is 5.69 Å². The number of aryl methyl sites for hydroxylation is 1. The summed E-state index contributed by atoms with van der Waals surface area (Å²) in [5.41, 5.74) is 1.85. The minimum Gasteiger partial charge on any atom is -0.495 e. The second kappa shape index (κ2) is 8.95. The van der Waals surface area contributed by atoms with Crippen molar-refractivity contribution in [2.45, 2.75) is 19.9 Å². The first-order chi connectivity index (χ1) is 13.6. The number of carbonyl (C=O) groups excluding carboxylic acids is 2. The highest BCUT2D eigenvalue weighted by Gasteiger charge is 2.31. The molecule has 0 fully saturated rings. The Morgan fingerprint density at radius 2 is 1.69 bits per heavy atom. The number of rotatable bonds is 7. The molecule has 1 amide bonds. The maximum Gasteiger partial charge on any atom is 0.337 e. The molecule has 1 atom stereocenters. The van der Waals surface area contributed by atoms with Crippen molar-refractivity contribution < 1.29 is 27.5 Å². The van der Waals surface area contributed by atoms with E-state index in [0.29, 0.717) is 17.0 Å². The molecule has 0 heterocycles. The van der Waals surface area contributed by atoms with Gasteiger partial charge in [-0.1, -0.05) is 6.07 Å². The summed E-state index contributed by atoms with van der Waals surface area (Å²) in [6.07, 6.45) is 1.03. The Labute approximate surface area is 170 Å². The van der Waals surface area contributed by atoms with Gasteiger partial charge < -0.3 is 14.8 Å². The van der Waals surface area contributed by atoms with Gasteiger partial charge in [0.05, 0.1) is 31.7 Å². The third kappa shape index (κ3) is 5.26. The van der Waals surface area contributed by atoms with Crippen molar-refractivity contribution >= 4 is 33.3 Å². The summed E-state index contributed by atoms with van der Waals surface area (Å²) in [7, 11) is -1.08. The second-order valence-electron chi connectivity index (χ2n) is 6.47. The molecule has 2 aromatic carbocycles. The quantitative estimate of drug-likeness (QED) is 0.691. The zero-order valence-electron chi connectivity index (χ0n) is 16.9. The molecule has 1 unspecified atom stereocenters. The number of nitrogens with one attached hydrogen (secondary N) is 1. The van der Waals surface area contributed by atoms with Crippen LogP contribution in [-0.2, 0) is 19.6 Å². The average molecular weight is 420 g/mol. The highest BCUT2D eigenvalue weighted by Crippen LogP contribution is 2.32. The van der Waals surface area contributed by atoms with E-state index in [1.807, 2.05) is 6.92 Å².